The third kappa shape index (κ3) is 3.99. The number of rotatable bonds is 3. The number of pyridine rings is 1. The van der Waals surface area contributed by atoms with Gasteiger partial charge in [0.2, 0.25) is 0 Å². The van der Waals surface area contributed by atoms with Gasteiger partial charge in [-0.3, -0.25) is 5.43 Å². The van der Waals surface area contributed by atoms with Gasteiger partial charge in [-0.15, -0.1) is 0 Å². The number of hydrogen-bond donors (Lipinski definition) is 1. The zero-order valence-corrected chi connectivity index (χ0v) is 13.4. The molecule has 114 valence electrons. The molecule has 0 unspecified atom stereocenters. The van der Waals surface area contributed by atoms with Crippen molar-refractivity contribution in [3.63, 3.8) is 0 Å². The van der Waals surface area contributed by atoms with Crippen LogP contribution in [0.1, 0.15) is 49.0 Å². The molecule has 8 heteroatoms. The summed E-state index contributed by atoms with van der Waals surface area (Å²) in [6.07, 6.45) is 6.35. The molecule has 0 bridgehead atoms. The van der Waals surface area contributed by atoms with E-state index >= 15 is 0 Å². The van der Waals surface area contributed by atoms with Crippen molar-refractivity contribution in [2.45, 2.75) is 38.5 Å². The van der Waals surface area contributed by atoms with Crippen molar-refractivity contribution in [3.8, 4) is 0 Å². The van der Waals surface area contributed by atoms with Crippen LogP contribution < -0.4 is 10.5 Å². The normalized spacial score (nSPS) is 15.5. The number of hydrazone groups is 1. The summed E-state index contributed by atoms with van der Waals surface area (Å²) in [5.41, 5.74) is 3.40. The minimum absolute atomic E-state index is 0.0321. The van der Waals surface area contributed by atoms with E-state index < -0.39 is 11.7 Å². The Labute approximate surface area is 137 Å². The third-order valence-corrected chi connectivity index (χ3v) is 4.34. The van der Waals surface area contributed by atoms with Crippen LogP contribution in [-0.2, 0) is 0 Å². The van der Waals surface area contributed by atoms with Crippen molar-refractivity contribution >= 4 is 52.2 Å². The quantitative estimate of drug-likeness (QED) is 0.514. The lowest BCUT2D eigenvalue weighted by Gasteiger charge is -2.13. The monoisotopic (exact) mass is 348 g/mol. The lowest BCUT2D eigenvalue weighted by atomic mass is 10.2. The van der Waals surface area contributed by atoms with Crippen LogP contribution in [0.15, 0.2) is 5.10 Å². The van der Waals surface area contributed by atoms with Gasteiger partial charge in [0.25, 0.3) is 0 Å². The summed E-state index contributed by atoms with van der Waals surface area (Å²) in [5.74, 6) is -1.52. The highest BCUT2D eigenvalue weighted by atomic mass is 35.5. The smallest absolute Gasteiger partial charge is 0.150 e. The van der Waals surface area contributed by atoms with E-state index in [0.717, 1.165) is 31.4 Å². The third-order valence-electron chi connectivity index (χ3n) is 3.24. The summed E-state index contributed by atoms with van der Waals surface area (Å²) in [6, 6.07) is 0. The highest BCUT2D eigenvalue weighted by Crippen LogP contribution is 2.36. The van der Waals surface area contributed by atoms with Gasteiger partial charge < -0.3 is 9.90 Å². The average Bonchev–Trinajstić information content (AvgIpc) is 2.71. The molecule has 1 aromatic heterocycles. The Balaban J connectivity index is 2.30. The molecule has 0 aliphatic heterocycles. The lowest BCUT2D eigenvalue weighted by Crippen LogP contribution is -2.24. The molecule has 1 fully saturated rings. The predicted molar refractivity (Wildman–Crippen MR) is 82.4 cm³/mol. The number of hydrogen-bond acceptors (Lipinski definition) is 5. The van der Waals surface area contributed by atoms with Crippen LogP contribution in [0.5, 0.6) is 0 Å². The van der Waals surface area contributed by atoms with E-state index in [1.54, 1.807) is 0 Å². The van der Waals surface area contributed by atoms with Crippen LogP contribution in [0.3, 0.4) is 0 Å². The first-order chi connectivity index (χ1) is 10.0. The second-order valence-corrected chi connectivity index (χ2v) is 5.86. The SMILES string of the molecule is O=C([O-])c1nc(Cl)c(Cl)c(NN=C2CCCCCC2)c1Cl. The fraction of sp³-hybridized carbons (Fsp3) is 0.462. The Morgan fingerprint density at radius 1 is 1.10 bits per heavy atom. The minimum atomic E-state index is -1.52. The molecule has 0 atom stereocenters. The van der Waals surface area contributed by atoms with E-state index in [1.165, 1.54) is 12.8 Å². The van der Waals surface area contributed by atoms with Crippen LogP contribution >= 0.6 is 34.8 Å². The molecule has 21 heavy (non-hydrogen) atoms. The molecule has 1 aliphatic carbocycles. The maximum absolute atomic E-state index is 11.0. The number of halogens is 3. The number of carboxylic acid groups (broad SMARTS) is 1. The Bertz CT molecular complexity index is 581. The Hall–Kier alpha value is -1.04. The summed E-state index contributed by atoms with van der Waals surface area (Å²) in [5, 5.41) is 14.9. The van der Waals surface area contributed by atoms with Gasteiger partial charge >= 0.3 is 0 Å². The molecule has 1 N–H and O–H groups in total. The summed E-state index contributed by atoms with van der Waals surface area (Å²) in [6.45, 7) is 0. The Kier molecular flexibility index (Phi) is 5.67. The van der Waals surface area contributed by atoms with E-state index in [-0.39, 0.29) is 20.9 Å². The standard InChI is InChI=1S/C13H14Cl3N3O2/c14-8-10(9(15)12(16)17-11(8)13(20)21)19-18-7-5-3-1-2-4-6-7/h1-6H2,(H,17,19)(H,20,21)/p-1. The number of carbonyl (C=O) groups excluding carboxylic acids is 1. The molecule has 2 rings (SSSR count). The highest BCUT2D eigenvalue weighted by Gasteiger charge is 2.17. The topological polar surface area (TPSA) is 77.4 Å². The second-order valence-electron chi connectivity index (χ2n) is 4.75. The van der Waals surface area contributed by atoms with Gasteiger partial charge in [0, 0.05) is 5.71 Å². The summed E-state index contributed by atoms with van der Waals surface area (Å²) >= 11 is 17.8. The van der Waals surface area contributed by atoms with Crippen LogP contribution in [0.2, 0.25) is 15.2 Å². The number of carboxylic acids is 1. The Morgan fingerprint density at radius 3 is 2.29 bits per heavy atom. The van der Waals surface area contributed by atoms with Crippen molar-refractivity contribution in [1.82, 2.24) is 4.98 Å². The van der Waals surface area contributed by atoms with Gasteiger partial charge in [0.1, 0.15) is 10.7 Å². The number of aromatic nitrogens is 1. The number of anilines is 1. The zero-order valence-electron chi connectivity index (χ0n) is 11.1. The second kappa shape index (κ2) is 7.29. The van der Waals surface area contributed by atoms with E-state index in [0.29, 0.717) is 0 Å². The van der Waals surface area contributed by atoms with Crippen LogP contribution in [0.4, 0.5) is 5.69 Å². The number of nitrogens with one attached hydrogen (secondary N) is 1. The minimum Gasteiger partial charge on any atom is -0.543 e. The van der Waals surface area contributed by atoms with Gasteiger partial charge in [-0.05, 0) is 25.7 Å². The molecule has 0 saturated heterocycles. The molecule has 1 heterocycles. The van der Waals surface area contributed by atoms with E-state index in [4.69, 9.17) is 34.8 Å². The summed E-state index contributed by atoms with van der Waals surface area (Å²) < 4.78 is 0. The fourth-order valence-electron chi connectivity index (χ4n) is 2.13. The number of carbonyl (C=O) groups is 1. The lowest BCUT2D eigenvalue weighted by molar-refractivity contribution is -0.255. The first kappa shape index (κ1) is 16.3. The molecule has 0 amide bonds. The Morgan fingerprint density at radius 2 is 1.71 bits per heavy atom. The molecule has 1 saturated carbocycles. The number of aromatic carboxylic acids is 1. The van der Waals surface area contributed by atoms with Gasteiger partial charge in [0.05, 0.1) is 16.7 Å². The fourth-order valence-corrected chi connectivity index (χ4v) is 2.79. The van der Waals surface area contributed by atoms with Crippen molar-refractivity contribution in [2.75, 3.05) is 5.43 Å². The molecule has 1 aromatic rings. The predicted octanol–water partition coefficient (Wildman–Crippen LogP) is 3.53. The maximum atomic E-state index is 11.0. The van der Waals surface area contributed by atoms with Crippen molar-refractivity contribution in [3.05, 3.63) is 20.9 Å². The van der Waals surface area contributed by atoms with Gasteiger partial charge in [-0.1, -0.05) is 47.6 Å². The van der Waals surface area contributed by atoms with Crippen molar-refractivity contribution in [1.29, 1.82) is 0 Å². The van der Waals surface area contributed by atoms with Crippen LogP contribution in [0, 0.1) is 0 Å². The van der Waals surface area contributed by atoms with E-state index in [1.807, 2.05) is 0 Å². The zero-order chi connectivity index (χ0) is 15.4. The molecule has 1 aliphatic rings. The van der Waals surface area contributed by atoms with Crippen LogP contribution in [-0.4, -0.2) is 16.7 Å². The first-order valence-corrected chi connectivity index (χ1v) is 7.71. The summed E-state index contributed by atoms with van der Waals surface area (Å²) in [4.78, 5) is 14.6. The average molecular weight is 350 g/mol. The number of nitrogens with zero attached hydrogens (tertiary/aromatic N) is 2. The van der Waals surface area contributed by atoms with Crippen LogP contribution in [0.25, 0.3) is 0 Å². The molecular weight excluding hydrogens is 337 g/mol. The van der Waals surface area contributed by atoms with Crippen molar-refractivity contribution in [2.24, 2.45) is 5.10 Å². The van der Waals surface area contributed by atoms with E-state index in [9.17, 15) is 9.90 Å². The molecule has 5 nitrogen and oxygen atoms in total. The van der Waals surface area contributed by atoms with Crippen molar-refractivity contribution < 1.29 is 9.90 Å². The largest absolute Gasteiger partial charge is 0.543 e. The van der Waals surface area contributed by atoms with Gasteiger partial charge in [-0.2, -0.15) is 5.10 Å². The highest BCUT2D eigenvalue weighted by molar-refractivity contribution is 6.46. The molecule has 0 spiro atoms. The molecular formula is C13H13Cl3N3O2-. The van der Waals surface area contributed by atoms with E-state index in [2.05, 4.69) is 15.5 Å². The first-order valence-electron chi connectivity index (χ1n) is 6.58. The summed E-state index contributed by atoms with van der Waals surface area (Å²) in [7, 11) is 0. The maximum Gasteiger partial charge on any atom is 0.150 e. The van der Waals surface area contributed by atoms with Gasteiger partial charge in [0.15, 0.2) is 5.15 Å². The molecule has 0 radical (unpaired) electrons. The molecule has 0 aromatic carbocycles. The van der Waals surface area contributed by atoms with Gasteiger partial charge in [-0.25, -0.2) is 4.98 Å².